The molecule has 0 aliphatic heterocycles. The summed E-state index contributed by atoms with van der Waals surface area (Å²) in [6.45, 7) is 0. The van der Waals surface area contributed by atoms with Crippen LogP contribution in [0.25, 0.3) is 11.8 Å². The van der Waals surface area contributed by atoms with Crippen LogP contribution in [-0.4, -0.2) is 39.8 Å². The number of carbonyl (C=O) groups is 2. The minimum atomic E-state index is -5.08. The van der Waals surface area contributed by atoms with Crippen molar-refractivity contribution in [3.63, 3.8) is 0 Å². The number of alkyl halides is 3. The first kappa shape index (κ1) is 27.7. The monoisotopic (exact) mass is 523 g/mol. The number of carboxylic acid groups (broad SMARTS) is 1. The molecule has 0 atom stereocenters. The molecule has 4 aromatic rings. The van der Waals surface area contributed by atoms with Gasteiger partial charge in [-0.1, -0.05) is 66.7 Å². The molecule has 1 aromatic heterocycles. The Morgan fingerprint density at radius 1 is 1.00 bits per heavy atom. The number of nitrogens with zero attached hydrogens (tertiary/aromatic N) is 2. The van der Waals surface area contributed by atoms with Crippen LogP contribution in [-0.2, 0) is 9.59 Å². The summed E-state index contributed by atoms with van der Waals surface area (Å²) in [5.74, 6) is -2.23. The highest BCUT2D eigenvalue weighted by atomic mass is 19.4. The highest BCUT2D eigenvalue weighted by Gasteiger charge is 2.38. The smallest absolute Gasteiger partial charge is 0.490 e. The number of carbonyl (C=O) groups excluding carboxylic acids is 1. The largest absolute Gasteiger partial charge is 0.495 e. The molecule has 0 spiro atoms. The topological polar surface area (TPSA) is 93.5 Å². The lowest BCUT2D eigenvalue weighted by atomic mass is 9.98. The number of nitrogens with one attached hydrogen (secondary N) is 1. The van der Waals surface area contributed by atoms with E-state index in [0.29, 0.717) is 5.75 Å². The van der Waals surface area contributed by atoms with Crippen molar-refractivity contribution in [3.8, 4) is 11.4 Å². The number of benzene rings is 3. The third kappa shape index (κ3) is 7.82. The number of amides is 1. The molecule has 0 unspecified atom stereocenters. The average Bonchev–Trinajstić information content (AvgIpc) is 3.46. The van der Waals surface area contributed by atoms with Crippen molar-refractivity contribution in [2.75, 3.05) is 7.11 Å². The molecule has 4 rings (SSSR count). The molecular weight excluding hydrogens is 499 g/mol. The molecule has 0 radical (unpaired) electrons. The zero-order valence-corrected chi connectivity index (χ0v) is 20.2. The lowest BCUT2D eigenvalue weighted by Crippen LogP contribution is -2.27. The zero-order valence-electron chi connectivity index (χ0n) is 20.2. The maximum Gasteiger partial charge on any atom is 0.490 e. The van der Waals surface area contributed by atoms with E-state index in [0.717, 1.165) is 22.4 Å². The fraction of sp³-hybridized carbons (Fsp3) is 0.107. The molecule has 7 nitrogen and oxygen atoms in total. The van der Waals surface area contributed by atoms with E-state index in [-0.39, 0.29) is 11.9 Å². The average molecular weight is 524 g/mol. The van der Waals surface area contributed by atoms with Crippen molar-refractivity contribution in [2.45, 2.75) is 12.2 Å². The van der Waals surface area contributed by atoms with Crippen LogP contribution in [0.1, 0.15) is 22.7 Å². The van der Waals surface area contributed by atoms with Gasteiger partial charge in [0.05, 0.1) is 25.2 Å². The summed E-state index contributed by atoms with van der Waals surface area (Å²) in [7, 11) is 1.63. The van der Waals surface area contributed by atoms with Crippen molar-refractivity contribution in [3.05, 3.63) is 120 Å². The number of imidazole rings is 1. The molecule has 0 saturated carbocycles. The summed E-state index contributed by atoms with van der Waals surface area (Å²) in [5.41, 5.74) is 3.81. The second kappa shape index (κ2) is 12.9. The normalized spacial score (nSPS) is 11.1. The molecule has 1 amide bonds. The maximum absolute atomic E-state index is 12.7. The van der Waals surface area contributed by atoms with Gasteiger partial charge in [-0.25, -0.2) is 9.78 Å². The van der Waals surface area contributed by atoms with E-state index in [1.54, 1.807) is 31.8 Å². The van der Waals surface area contributed by atoms with Gasteiger partial charge in [-0.05, 0) is 34.9 Å². The van der Waals surface area contributed by atoms with Gasteiger partial charge < -0.3 is 19.7 Å². The third-order valence-corrected chi connectivity index (χ3v) is 5.21. The lowest BCUT2D eigenvalue weighted by molar-refractivity contribution is -0.192. The summed E-state index contributed by atoms with van der Waals surface area (Å²) < 4.78 is 39.1. The first-order chi connectivity index (χ1) is 18.2. The molecule has 0 bridgehead atoms. The van der Waals surface area contributed by atoms with Gasteiger partial charge in [0.25, 0.3) is 0 Å². The van der Waals surface area contributed by atoms with Gasteiger partial charge >= 0.3 is 12.1 Å². The highest BCUT2D eigenvalue weighted by Crippen LogP contribution is 2.25. The highest BCUT2D eigenvalue weighted by molar-refractivity contribution is 5.92. The Balaban J connectivity index is 0.000000505. The summed E-state index contributed by atoms with van der Waals surface area (Å²) in [6.07, 6.45) is 3.53. The Hall–Kier alpha value is -4.86. The summed E-state index contributed by atoms with van der Waals surface area (Å²) in [4.78, 5) is 25.7. The van der Waals surface area contributed by atoms with Crippen LogP contribution in [0.5, 0.6) is 5.75 Å². The quantitative estimate of drug-likeness (QED) is 0.315. The van der Waals surface area contributed by atoms with Gasteiger partial charge in [-0.2, -0.15) is 13.2 Å². The molecule has 0 aliphatic rings. The SMILES string of the molecule is COc1cc(/C=C/C(=O)NC(c2ccccc2)c2ccccc2)ccc1-n1ccnc1.O=C(O)C(F)(F)F. The van der Waals surface area contributed by atoms with E-state index in [1.807, 2.05) is 89.6 Å². The molecule has 3 aromatic carbocycles. The minimum Gasteiger partial charge on any atom is -0.495 e. The van der Waals surface area contributed by atoms with Crippen molar-refractivity contribution in [2.24, 2.45) is 0 Å². The number of aromatic nitrogens is 2. The standard InChI is InChI=1S/C26H23N3O2.C2HF3O2/c1-31-24-18-20(12-14-23(24)29-17-16-27-19-29)13-15-25(30)28-26(21-8-4-2-5-9-21)22-10-6-3-7-11-22;3-2(4,5)1(6)7/h2-19,26H,1H3,(H,28,30);(H,6,7)/b15-13+;. The Bertz CT molecular complexity index is 1320. The van der Waals surface area contributed by atoms with E-state index in [4.69, 9.17) is 14.6 Å². The zero-order chi connectivity index (χ0) is 27.5. The van der Waals surface area contributed by atoms with E-state index >= 15 is 0 Å². The van der Waals surface area contributed by atoms with Crippen LogP contribution in [0.15, 0.2) is 104 Å². The Labute approximate surface area is 216 Å². The number of ether oxygens (including phenoxy) is 1. The van der Waals surface area contributed by atoms with Crippen LogP contribution < -0.4 is 10.1 Å². The van der Waals surface area contributed by atoms with Gasteiger partial charge in [0.2, 0.25) is 5.91 Å². The Morgan fingerprint density at radius 3 is 2.05 bits per heavy atom. The number of methoxy groups -OCH3 is 1. The maximum atomic E-state index is 12.7. The molecule has 0 saturated heterocycles. The van der Waals surface area contributed by atoms with E-state index < -0.39 is 12.1 Å². The van der Waals surface area contributed by atoms with Crippen molar-refractivity contribution in [1.29, 1.82) is 0 Å². The fourth-order valence-corrected chi connectivity index (χ4v) is 3.43. The van der Waals surface area contributed by atoms with Crippen molar-refractivity contribution < 1.29 is 32.6 Å². The molecule has 1 heterocycles. The molecule has 38 heavy (non-hydrogen) atoms. The molecule has 0 aliphatic carbocycles. The van der Waals surface area contributed by atoms with Gasteiger partial charge in [0, 0.05) is 18.5 Å². The first-order valence-corrected chi connectivity index (χ1v) is 11.2. The number of hydrogen-bond acceptors (Lipinski definition) is 4. The molecular formula is C28H24F3N3O4. The van der Waals surface area contributed by atoms with Crippen LogP contribution in [0, 0.1) is 0 Å². The summed E-state index contributed by atoms with van der Waals surface area (Å²) in [6, 6.07) is 25.4. The van der Waals surface area contributed by atoms with Crippen LogP contribution in [0.3, 0.4) is 0 Å². The molecule has 196 valence electrons. The number of aliphatic carboxylic acids is 1. The van der Waals surface area contributed by atoms with Crippen molar-refractivity contribution >= 4 is 18.0 Å². The fourth-order valence-electron chi connectivity index (χ4n) is 3.43. The van der Waals surface area contributed by atoms with Crippen molar-refractivity contribution in [1.82, 2.24) is 14.9 Å². The van der Waals surface area contributed by atoms with E-state index in [1.165, 1.54) is 0 Å². The third-order valence-electron chi connectivity index (χ3n) is 5.21. The predicted octanol–water partition coefficient (Wildman–Crippen LogP) is 5.43. The molecule has 0 fully saturated rings. The van der Waals surface area contributed by atoms with Gasteiger partial charge in [0.1, 0.15) is 5.75 Å². The number of hydrogen-bond donors (Lipinski definition) is 2. The summed E-state index contributed by atoms with van der Waals surface area (Å²) in [5, 5.41) is 10.2. The van der Waals surface area contributed by atoms with Crippen LogP contribution in [0.4, 0.5) is 13.2 Å². The van der Waals surface area contributed by atoms with Crippen LogP contribution in [0.2, 0.25) is 0 Å². The lowest BCUT2D eigenvalue weighted by Gasteiger charge is -2.19. The van der Waals surface area contributed by atoms with Gasteiger partial charge in [-0.3, -0.25) is 4.79 Å². The van der Waals surface area contributed by atoms with Gasteiger partial charge in [0.15, 0.2) is 0 Å². The van der Waals surface area contributed by atoms with E-state index in [9.17, 15) is 18.0 Å². The minimum absolute atomic E-state index is 0.171. The van der Waals surface area contributed by atoms with Gasteiger partial charge in [-0.15, -0.1) is 0 Å². The summed E-state index contributed by atoms with van der Waals surface area (Å²) >= 11 is 0. The second-order valence-corrected chi connectivity index (χ2v) is 7.80. The molecule has 10 heteroatoms. The number of rotatable bonds is 7. The first-order valence-electron chi connectivity index (χ1n) is 11.2. The van der Waals surface area contributed by atoms with E-state index in [2.05, 4.69) is 10.3 Å². The second-order valence-electron chi connectivity index (χ2n) is 7.80. The molecule has 2 N–H and O–H groups in total. The number of halogens is 3. The predicted molar refractivity (Wildman–Crippen MR) is 136 cm³/mol. The Morgan fingerprint density at radius 2 is 1.58 bits per heavy atom. The van der Waals surface area contributed by atoms with Crippen LogP contribution >= 0.6 is 0 Å². The Kier molecular flexibility index (Phi) is 9.42. The number of carboxylic acids is 1.